The Bertz CT molecular complexity index is 852. The van der Waals surface area contributed by atoms with Crippen LogP contribution in [0.1, 0.15) is 12.5 Å². The van der Waals surface area contributed by atoms with E-state index in [1.54, 1.807) is 24.3 Å². The van der Waals surface area contributed by atoms with Crippen molar-refractivity contribution in [3.05, 3.63) is 64.0 Å². The second kappa shape index (κ2) is 8.29. The summed E-state index contributed by atoms with van der Waals surface area (Å²) in [5.41, 5.74) is 1.58. The Morgan fingerprint density at radius 1 is 1.19 bits per heavy atom. The predicted molar refractivity (Wildman–Crippen MR) is 105 cm³/mol. The normalized spacial score (nSPS) is 15.6. The van der Waals surface area contributed by atoms with Crippen molar-refractivity contribution in [1.82, 2.24) is 4.90 Å². The first-order valence-electron chi connectivity index (χ1n) is 8.04. The van der Waals surface area contributed by atoms with Crippen LogP contribution in [0.15, 0.2) is 53.4 Å². The summed E-state index contributed by atoms with van der Waals surface area (Å²) >= 11 is 6.86. The van der Waals surface area contributed by atoms with Crippen LogP contribution >= 0.6 is 23.4 Å². The lowest BCUT2D eigenvalue weighted by Gasteiger charge is -2.14. The molecular formula is C19H17ClN2O3S. The fourth-order valence-corrected chi connectivity index (χ4v) is 3.41. The molecule has 0 aliphatic carbocycles. The van der Waals surface area contributed by atoms with Gasteiger partial charge in [0.1, 0.15) is 5.75 Å². The van der Waals surface area contributed by atoms with E-state index in [1.807, 2.05) is 37.3 Å². The van der Waals surface area contributed by atoms with Crippen molar-refractivity contribution in [1.29, 1.82) is 0 Å². The lowest BCUT2D eigenvalue weighted by Crippen LogP contribution is -2.33. The summed E-state index contributed by atoms with van der Waals surface area (Å²) in [6, 6.07) is 14.5. The molecule has 2 amide bonds. The quantitative estimate of drug-likeness (QED) is 0.717. The molecule has 1 fully saturated rings. The van der Waals surface area contributed by atoms with Crippen LogP contribution in [-0.2, 0) is 4.79 Å². The number of nitrogens with zero attached hydrogens (tertiary/aromatic N) is 1. The second-order valence-electron chi connectivity index (χ2n) is 5.46. The van der Waals surface area contributed by atoms with Crippen molar-refractivity contribution in [3.63, 3.8) is 0 Å². The molecule has 1 aliphatic rings. The number of ether oxygens (including phenoxy) is 1. The summed E-state index contributed by atoms with van der Waals surface area (Å²) in [6.07, 6.45) is 1.71. The molecule has 2 aromatic carbocycles. The minimum absolute atomic E-state index is 0.0889. The van der Waals surface area contributed by atoms with Crippen molar-refractivity contribution in [2.24, 2.45) is 0 Å². The molecule has 1 heterocycles. The number of carbonyl (C=O) groups excluding carboxylic acids is 2. The number of hydrogen-bond acceptors (Lipinski definition) is 5. The van der Waals surface area contributed by atoms with Gasteiger partial charge in [-0.05, 0) is 60.7 Å². The van der Waals surface area contributed by atoms with Crippen LogP contribution in [0.25, 0.3) is 6.08 Å². The highest BCUT2D eigenvalue weighted by molar-refractivity contribution is 8.18. The van der Waals surface area contributed by atoms with Crippen LogP contribution in [0.5, 0.6) is 5.75 Å². The summed E-state index contributed by atoms with van der Waals surface area (Å²) in [4.78, 5) is 26.2. The van der Waals surface area contributed by atoms with Crippen LogP contribution in [0.3, 0.4) is 0 Å². The maximum absolute atomic E-state index is 12.5. The van der Waals surface area contributed by atoms with Gasteiger partial charge in [-0.15, -0.1) is 0 Å². The summed E-state index contributed by atoms with van der Waals surface area (Å²) in [6.45, 7) is 2.60. The number of thioether (sulfide) groups is 1. The van der Waals surface area contributed by atoms with E-state index in [0.29, 0.717) is 16.5 Å². The van der Waals surface area contributed by atoms with Gasteiger partial charge in [-0.1, -0.05) is 29.8 Å². The van der Waals surface area contributed by atoms with Gasteiger partial charge in [-0.25, -0.2) is 0 Å². The topological polar surface area (TPSA) is 58.6 Å². The SMILES string of the molecule is CCOc1ccc(/C=C2\SC(=O)N(CNc3cccc(Cl)c3)C2=O)cc1. The first kappa shape index (κ1) is 18.4. The Hall–Kier alpha value is -2.44. The molecule has 5 nitrogen and oxygen atoms in total. The molecule has 0 atom stereocenters. The Balaban J connectivity index is 1.67. The Labute approximate surface area is 161 Å². The molecule has 134 valence electrons. The first-order chi connectivity index (χ1) is 12.6. The zero-order valence-corrected chi connectivity index (χ0v) is 15.6. The summed E-state index contributed by atoms with van der Waals surface area (Å²) in [5.74, 6) is 0.451. The van der Waals surface area contributed by atoms with Gasteiger partial charge in [0.15, 0.2) is 0 Å². The fourth-order valence-electron chi connectivity index (χ4n) is 2.38. The van der Waals surface area contributed by atoms with Crippen molar-refractivity contribution in [3.8, 4) is 5.75 Å². The van der Waals surface area contributed by atoms with Gasteiger partial charge in [0.2, 0.25) is 0 Å². The molecule has 0 aromatic heterocycles. The molecule has 1 aliphatic heterocycles. The Morgan fingerprint density at radius 3 is 2.65 bits per heavy atom. The van der Waals surface area contributed by atoms with Gasteiger partial charge >= 0.3 is 0 Å². The molecule has 26 heavy (non-hydrogen) atoms. The largest absolute Gasteiger partial charge is 0.494 e. The zero-order chi connectivity index (χ0) is 18.5. The van der Waals surface area contributed by atoms with Gasteiger partial charge in [0, 0.05) is 10.7 Å². The highest BCUT2D eigenvalue weighted by Crippen LogP contribution is 2.32. The highest BCUT2D eigenvalue weighted by atomic mass is 35.5. The Kier molecular flexibility index (Phi) is 5.85. The lowest BCUT2D eigenvalue weighted by molar-refractivity contribution is -0.122. The number of amides is 2. The third-order valence-electron chi connectivity index (χ3n) is 3.63. The molecule has 1 saturated heterocycles. The van der Waals surface area contributed by atoms with Crippen molar-refractivity contribution < 1.29 is 14.3 Å². The fraction of sp³-hybridized carbons (Fsp3) is 0.158. The average molecular weight is 389 g/mol. The van der Waals surface area contributed by atoms with E-state index in [0.717, 1.165) is 28.8 Å². The smallest absolute Gasteiger partial charge is 0.295 e. The maximum Gasteiger partial charge on any atom is 0.295 e. The third kappa shape index (κ3) is 4.39. The molecule has 0 bridgehead atoms. The molecule has 2 aromatic rings. The average Bonchev–Trinajstić information content (AvgIpc) is 2.88. The summed E-state index contributed by atoms with van der Waals surface area (Å²) < 4.78 is 5.40. The molecule has 3 rings (SSSR count). The van der Waals surface area contributed by atoms with Gasteiger partial charge in [0.25, 0.3) is 11.1 Å². The number of nitrogens with one attached hydrogen (secondary N) is 1. The van der Waals surface area contributed by atoms with Crippen LogP contribution in [-0.4, -0.2) is 29.3 Å². The summed E-state index contributed by atoms with van der Waals surface area (Å²) in [5, 5.41) is 3.32. The van der Waals surface area contributed by atoms with E-state index in [4.69, 9.17) is 16.3 Å². The van der Waals surface area contributed by atoms with Crippen LogP contribution in [0.4, 0.5) is 10.5 Å². The van der Waals surface area contributed by atoms with E-state index in [-0.39, 0.29) is 17.8 Å². The van der Waals surface area contributed by atoms with E-state index >= 15 is 0 Å². The van der Waals surface area contributed by atoms with E-state index in [1.165, 1.54) is 4.90 Å². The molecule has 0 unspecified atom stereocenters. The number of benzene rings is 2. The van der Waals surface area contributed by atoms with Crippen molar-refractivity contribution in [2.75, 3.05) is 18.6 Å². The standard InChI is InChI=1S/C19H17ClN2O3S/c1-2-25-16-8-6-13(7-9-16)10-17-18(23)22(19(24)26-17)12-21-15-5-3-4-14(20)11-15/h3-11,21H,2,12H2,1H3/b17-10-. The minimum Gasteiger partial charge on any atom is -0.494 e. The van der Waals surface area contributed by atoms with E-state index < -0.39 is 0 Å². The molecular weight excluding hydrogens is 372 g/mol. The van der Waals surface area contributed by atoms with Crippen LogP contribution < -0.4 is 10.1 Å². The highest BCUT2D eigenvalue weighted by Gasteiger charge is 2.34. The van der Waals surface area contributed by atoms with Gasteiger partial charge in [-0.2, -0.15) is 0 Å². The summed E-state index contributed by atoms with van der Waals surface area (Å²) in [7, 11) is 0. The van der Waals surface area contributed by atoms with Crippen molar-refractivity contribution in [2.45, 2.75) is 6.92 Å². The first-order valence-corrected chi connectivity index (χ1v) is 9.24. The van der Waals surface area contributed by atoms with E-state index in [9.17, 15) is 9.59 Å². The number of halogens is 1. The van der Waals surface area contributed by atoms with Gasteiger partial charge in [0.05, 0.1) is 18.2 Å². The number of hydrogen-bond donors (Lipinski definition) is 1. The molecule has 7 heteroatoms. The number of anilines is 1. The molecule has 0 spiro atoms. The molecule has 1 N–H and O–H groups in total. The zero-order valence-electron chi connectivity index (χ0n) is 14.1. The lowest BCUT2D eigenvalue weighted by atomic mass is 10.2. The second-order valence-corrected chi connectivity index (χ2v) is 6.89. The van der Waals surface area contributed by atoms with Crippen LogP contribution in [0.2, 0.25) is 5.02 Å². The number of rotatable bonds is 6. The minimum atomic E-state index is -0.316. The van der Waals surface area contributed by atoms with Crippen molar-refractivity contribution >= 4 is 46.3 Å². The van der Waals surface area contributed by atoms with E-state index in [2.05, 4.69) is 5.32 Å². The number of imide groups is 1. The van der Waals surface area contributed by atoms with Gasteiger partial charge in [-0.3, -0.25) is 14.5 Å². The van der Waals surface area contributed by atoms with Crippen LogP contribution in [0, 0.1) is 0 Å². The maximum atomic E-state index is 12.5. The molecule has 0 radical (unpaired) electrons. The third-order valence-corrected chi connectivity index (χ3v) is 4.77. The predicted octanol–water partition coefficient (Wildman–Crippen LogP) is 4.84. The number of carbonyl (C=O) groups is 2. The van der Waals surface area contributed by atoms with Gasteiger partial charge < -0.3 is 10.1 Å². The monoisotopic (exact) mass is 388 g/mol. The molecule has 0 saturated carbocycles. The Morgan fingerprint density at radius 2 is 1.96 bits per heavy atom.